The van der Waals surface area contributed by atoms with Crippen LogP contribution < -0.4 is 20.5 Å². The molecule has 124 valence electrons. The Balaban J connectivity index is 2.27. The molecule has 6 heteroatoms. The molecular weight excluding hydrogens is 308 g/mol. The van der Waals surface area contributed by atoms with Crippen LogP contribution in [0.4, 0.5) is 5.69 Å². The Morgan fingerprint density at radius 2 is 1.79 bits per heavy atom. The molecule has 0 atom stereocenters. The van der Waals surface area contributed by atoms with Crippen LogP contribution in [-0.4, -0.2) is 26.0 Å². The number of methoxy groups -OCH3 is 2. The zero-order chi connectivity index (χ0) is 17.5. The summed E-state index contributed by atoms with van der Waals surface area (Å²) in [5.74, 6) is -0.396. The monoisotopic (exact) mass is 326 g/mol. The number of rotatable bonds is 6. The van der Waals surface area contributed by atoms with Gasteiger partial charge in [-0.3, -0.25) is 9.59 Å². The maximum Gasteiger partial charge on any atom is 0.248 e. The molecule has 2 amide bonds. The number of primary amides is 1. The highest BCUT2D eigenvalue weighted by molar-refractivity contribution is 6.04. The van der Waals surface area contributed by atoms with Gasteiger partial charge in [0.2, 0.25) is 11.8 Å². The Bertz CT molecular complexity index is 770. The Hall–Kier alpha value is -3.28. The van der Waals surface area contributed by atoms with Crippen molar-refractivity contribution in [2.24, 2.45) is 5.73 Å². The molecule has 0 aliphatic carbocycles. The van der Waals surface area contributed by atoms with E-state index >= 15 is 0 Å². The fourth-order valence-electron chi connectivity index (χ4n) is 2.11. The van der Waals surface area contributed by atoms with Gasteiger partial charge in [-0.1, -0.05) is 30.3 Å². The van der Waals surface area contributed by atoms with Gasteiger partial charge in [0.1, 0.15) is 0 Å². The van der Waals surface area contributed by atoms with Crippen LogP contribution in [0.15, 0.2) is 48.5 Å². The van der Waals surface area contributed by atoms with Gasteiger partial charge in [0.25, 0.3) is 0 Å². The number of nitrogens with two attached hydrogens (primary N) is 1. The highest BCUT2D eigenvalue weighted by Crippen LogP contribution is 2.36. The van der Waals surface area contributed by atoms with Crippen molar-refractivity contribution in [2.45, 2.75) is 0 Å². The largest absolute Gasteiger partial charge is 0.493 e. The fraction of sp³-hybridized carbons (Fsp3) is 0.111. The summed E-state index contributed by atoms with van der Waals surface area (Å²) in [4.78, 5) is 23.5. The highest BCUT2D eigenvalue weighted by atomic mass is 16.5. The van der Waals surface area contributed by atoms with Crippen LogP contribution in [0.1, 0.15) is 15.9 Å². The second-order valence-electron chi connectivity index (χ2n) is 4.86. The van der Waals surface area contributed by atoms with Gasteiger partial charge in [0.05, 0.1) is 19.9 Å². The minimum absolute atomic E-state index is 0.204. The standard InChI is InChI=1S/C18H18N2O4/c1-23-15-11-13(18(19)22)10-14(17(15)24-2)20-16(21)9-8-12-6-4-3-5-7-12/h3-11H,1-2H3,(H2,19,22)(H,20,21)/b9-8+. The first kappa shape index (κ1) is 17.1. The van der Waals surface area contributed by atoms with E-state index in [1.54, 1.807) is 6.08 Å². The average molecular weight is 326 g/mol. The van der Waals surface area contributed by atoms with E-state index in [9.17, 15) is 9.59 Å². The fourth-order valence-corrected chi connectivity index (χ4v) is 2.11. The molecule has 3 N–H and O–H groups in total. The van der Waals surface area contributed by atoms with Crippen molar-refractivity contribution in [1.29, 1.82) is 0 Å². The summed E-state index contributed by atoms with van der Waals surface area (Å²) in [6.07, 6.45) is 3.06. The second kappa shape index (κ2) is 7.82. The summed E-state index contributed by atoms with van der Waals surface area (Å²) < 4.78 is 10.4. The molecule has 2 aromatic carbocycles. The molecule has 0 aliphatic heterocycles. The van der Waals surface area contributed by atoms with Crippen molar-refractivity contribution >= 4 is 23.6 Å². The number of amides is 2. The number of nitrogens with one attached hydrogen (secondary N) is 1. The van der Waals surface area contributed by atoms with Gasteiger partial charge in [0, 0.05) is 11.6 Å². The molecule has 0 radical (unpaired) electrons. The summed E-state index contributed by atoms with van der Waals surface area (Å²) in [7, 11) is 2.88. The Morgan fingerprint density at radius 3 is 2.38 bits per heavy atom. The van der Waals surface area contributed by atoms with Crippen molar-refractivity contribution in [3.63, 3.8) is 0 Å². The van der Waals surface area contributed by atoms with Crippen LogP contribution in [0.25, 0.3) is 6.08 Å². The summed E-state index contributed by atoms with van der Waals surface area (Å²) in [5.41, 5.74) is 6.70. The lowest BCUT2D eigenvalue weighted by molar-refractivity contribution is -0.111. The lowest BCUT2D eigenvalue weighted by Gasteiger charge is -2.14. The van der Waals surface area contributed by atoms with Gasteiger partial charge in [0.15, 0.2) is 11.5 Å². The molecule has 0 aliphatic rings. The van der Waals surface area contributed by atoms with E-state index in [0.29, 0.717) is 17.2 Å². The molecule has 0 unspecified atom stereocenters. The topological polar surface area (TPSA) is 90.6 Å². The summed E-state index contributed by atoms with van der Waals surface area (Å²) in [6.45, 7) is 0. The molecule has 0 fully saturated rings. The van der Waals surface area contributed by atoms with Crippen molar-refractivity contribution < 1.29 is 19.1 Å². The van der Waals surface area contributed by atoms with Crippen LogP contribution in [0.3, 0.4) is 0 Å². The maximum absolute atomic E-state index is 12.1. The van der Waals surface area contributed by atoms with Crippen molar-refractivity contribution in [1.82, 2.24) is 0 Å². The third-order valence-electron chi connectivity index (χ3n) is 3.25. The second-order valence-corrected chi connectivity index (χ2v) is 4.86. The van der Waals surface area contributed by atoms with Crippen LogP contribution in [-0.2, 0) is 4.79 Å². The number of anilines is 1. The number of ether oxygens (including phenoxy) is 2. The number of carbonyl (C=O) groups excluding carboxylic acids is 2. The van der Waals surface area contributed by atoms with E-state index in [2.05, 4.69) is 5.32 Å². The van der Waals surface area contributed by atoms with E-state index in [1.807, 2.05) is 30.3 Å². The van der Waals surface area contributed by atoms with Gasteiger partial charge in [-0.2, -0.15) is 0 Å². The highest BCUT2D eigenvalue weighted by Gasteiger charge is 2.16. The van der Waals surface area contributed by atoms with E-state index in [4.69, 9.17) is 15.2 Å². The molecule has 24 heavy (non-hydrogen) atoms. The molecule has 2 aromatic rings. The molecule has 0 saturated carbocycles. The van der Waals surface area contributed by atoms with Crippen molar-refractivity contribution in [3.05, 3.63) is 59.7 Å². The van der Waals surface area contributed by atoms with Crippen LogP contribution >= 0.6 is 0 Å². The maximum atomic E-state index is 12.1. The number of hydrogen-bond acceptors (Lipinski definition) is 4. The summed E-state index contributed by atoms with van der Waals surface area (Å²) in [6, 6.07) is 12.3. The first-order chi connectivity index (χ1) is 11.5. The number of benzene rings is 2. The van der Waals surface area contributed by atoms with Crippen LogP contribution in [0, 0.1) is 0 Å². The zero-order valence-electron chi connectivity index (χ0n) is 13.4. The molecule has 0 saturated heterocycles. The van der Waals surface area contributed by atoms with E-state index in [0.717, 1.165) is 5.56 Å². The van der Waals surface area contributed by atoms with Crippen molar-refractivity contribution in [2.75, 3.05) is 19.5 Å². The Kier molecular flexibility index (Phi) is 5.57. The SMILES string of the molecule is COc1cc(C(N)=O)cc(NC(=O)/C=C/c2ccccc2)c1OC. The van der Waals surface area contributed by atoms with E-state index < -0.39 is 5.91 Å². The lowest BCUT2D eigenvalue weighted by atomic mass is 10.1. The van der Waals surface area contributed by atoms with E-state index in [1.165, 1.54) is 32.4 Å². The predicted molar refractivity (Wildman–Crippen MR) is 92.2 cm³/mol. The molecule has 6 nitrogen and oxygen atoms in total. The van der Waals surface area contributed by atoms with Crippen LogP contribution in [0.5, 0.6) is 11.5 Å². The van der Waals surface area contributed by atoms with Gasteiger partial charge in [-0.25, -0.2) is 0 Å². The number of hydrogen-bond donors (Lipinski definition) is 2. The number of carbonyl (C=O) groups is 2. The molecular formula is C18H18N2O4. The average Bonchev–Trinajstić information content (AvgIpc) is 2.60. The van der Waals surface area contributed by atoms with Gasteiger partial charge < -0.3 is 20.5 Å². The molecule has 0 bridgehead atoms. The van der Waals surface area contributed by atoms with E-state index in [-0.39, 0.29) is 11.5 Å². The minimum Gasteiger partial charge on any atom is -0.493 e. The third kappa shape index (κ3) is 4.13. The molecule has 2 rings (SSSR count). The van der Waals surface area contributed by atoms with Gasteiger partial charge in [-0.15, -0.1) is 0 Å². The lowest BCUT2D eigenvalue weighted by Crippen LogP contribution is -2.14. The summed E-state index contributed by atoms with van der Waals surface area (Å²) in [5, 5.41) is 2.66. The first-order valence-electron chi connectivity index (χ1n) is 7.15. The zero-order valence-corrected chi connectivity index (χ0v) is 13.4. The minimum atomic E-state index is -0.633. The molecule has 0 aromatic heterocycles. The quantitative estimate of drug-likeness (QED) is 0.798. The third-order valence-corrected chi connectivity index (χ3v) is 3.25. The van der Waals surface area contributed by atoms with Gasteiger partial charge in [-0.05, 0) is 23.8 Å². The van der Waals surface area contributed by atoms with Gasteiger partial charge >= 0.3 is 0 Å². The normalized spacial score (nSPS) is 10.4. The first-order valence-corrected chi connectivity index (χ1v) is 7.15. The van der Waals surface area contributed by atoms with Crippen molar-refractivity contribution in [3.8, 4) is 11.5 Å². The predicted octanol–water partition coefficient (Wildman–Crippen LogP) is 2.45. The molecule has 0 heterocycles. The Labute approximate surface area is 139 Å². The van der Waals surface area contributed by atoms with Crippen LogP contribution in [0.2, 0.25) is 0 Å². The molecule has 0 spiro atoms. The smallest absolute Gasteiger partial charge is 0.248 e. The Morgan fingerprint density at radius 1 is 1.08 bits per heavy atom. The summed E-state index contributed by atoms with van der Waals surface area (Å²) >= 11 is 0.